The monoisotopic (exact) mass is 332 g/mol. The quantitative estimate of drug-likeness (QED) is 0.717. The van der Waals surface area contributed by atoms with Crippen molar-refractivity contribution in [2.45, 2.75) is 26.7 Å². The van der Waals surface area contributed by atoms with Crippen LogP contribution in [0.1, 0.15) is 25.8 Å². The molecule has 0 saturated carbocycles. The molecule has 0 aromatic heterocycles. The number of hydrogen-bond donors (Lipinski definition) is 3. The van der Waals surface area contributed by atoms with Crippen molar-refractivity contribution in [1.29, 1.82) is 0 Å². The number of hydrogen-bond acceptors (Lipinski definition) is 2. The number of urea groups is 1. The molecule has 2 amide bonds. The van der Waals surface area contributed by atoms with Crippen LogP contribution in [-0.4, -0.2) is 30.8 Å². The Kier molecular flexibility index (Phi) is 7.29. The molecular weight excluding hydrogens is 311 g/mol. The summed E-state index contributed by atoms with van der Waals surface area (Å²) in [5, 5.41) is 15.7. The minimum atomic E-state index is -0.232. The fourth-order valence-electron chi connectivity index (χ4n) is 1.85. The first-order valence-electron chi connectivity index (χ1n) is 6.91. The third kappa shape index (κ3) is 6.55. The van der Waals surface area contributed by atoms with Gasteiger partial charge in [0.15, 0.2) is 0 Å². The van der Waals surface area contributed by atoms with Crippen molar-refractivity contribution in [2.75, 3.05) is 19.7 Å². The average Bonchev–Trinajstić information content (AvgIpc) is 2.40. The maximum absolute atomic E-state index is 11.7. The predicted octanol–water partition coefficient (Wildman–Crippen LogP) is 3.24. The van der Waals surface area contributed by atoms with Crippen molar-refractivity contribution in [1.82, 2.24) is 10.6 Å². The van der Waals surface area contributed by atoms with Crippen LogP contribution < -0.4 is 10.6 Å². The first-order chi connectivity index (χ1) is 9.85. The molecule has 0 spiro atoms. The van der Waals surface area contributed by atoms with Crippen molar-refractivity contribution in [3.63, 3.8) is 0 Å². The summed E-state index contributed by atoms with van der Waals surface area (Å²) in [7, 11) is 0. The zero-order chi connectivity index (χ0) is 15.9. The van der Waals surface area contributed by atoms with E-state index in [9.17, 15) is 4.79 Å². The van der Waals surface area contributed by atoms with Gasteiger partial charge in [-0.3, -0.25) is 0 Å². The molecule has 118 valence electrons. The standard InChI is InChI=1S/C15H22Cl2N2O2/c1-15(2,7-9-20)10-19-14(21)18-8-6-11-12(16)4-3-5-13(11)17/h3-5,20H,6-10H2,1-2H3,(H2,18,19,21). The van der Waals surface area contributed by atoms with Crippen LogP contribution in [0.2, 0.25) is 10.0 Å². The smallest absolute Gasteiger partial charge is 0.314 e. The lowest BCUT2D eigenvalue weighted by Crippen LogP contribution is -2.41. The van der Waals surface area contributed by atoms with Crippen molar-refractivity contribution >= 4 is 29.2 Å². The topological polar surface area (TPSA) is 61.4 Å². The molecule has 4 nitrogen and oxygen atoms in total. The van der Waals surface area contributed by atoms with Crippen LogP contribution in [-0.2, 0) is 6.42 Å². The number of amides is 2. The van der Waals surface area contributed by atoms with Crippen LogP contribution in [0.3, 0.4) is 0 Å². The third-order valence-electron chi connectivity index (χ3n) is 3.24. The van der Waals surface area contributed by atoms with Crippen LogP contribution >= 0.6 is 23.2 Å². The molecular formula is C15H22Cl2N2O2. The zero-order valence-corrected chi connectivity index (χ0v) is 13.9. The molecule has 0 bridgehead atoms. The number of benzene rings is 1. The minimum Gasteiger partial charge on any atom is -0.396 e. The molecule has 0 aliphatic carbocycles. The van der Waals surface area contributed by atoms with Crippen molar-refractivity contribution < 1.29 is 9.90 Å². The summed E-state index contributed by atoms with van der Waals surface area (Å²) in [5.41, 5.74) is 0.708. The molecule has 6 heteroatoms. The van der Waals surface area contributed by atoms with Gasteiger partial charge in [-0.15, -0.1) is 0 Å². The van der Waals surface area contributed by atoms with Crippen molar-refractivity contribution in [3.05, 3.63) is 33.8 Å². The number of carbonyl (C=O) groups is 1. The molecule has 0 unspecified atom stereocenters. The highest BCUT2D eigenvalue weighted by Gasteiger charge is 2.17. The normalized spacial score (nSPS) is 11.3. The van der Waals surface area contributed by atoms with E-state index < -0.39 is 0 Å². The first kappa shape index (κ1) is 18.1. The Morgan fingerprint density at radius 3 is 2.43 bits per heavy atom. The Morgan fingerprint density at radius 1 is 1.24 bits per heavy atom. The van der Waals surface area contributed by atoms with Gasteiger partial charge in [-0.1, -0.05) is 43.1 Å². The maximum atomic E-state index is 11.7. The molecule has 21 heavy (non-hydrogen) atoms. The molecule has 0 atom stereocenters. The Balaban J connectivity index is 2.34. The number of nitrogens with one attached hydrogen (secondary N) is 2. The number of aliphatic hydroxyl groups is 1. The summed E-state index contributed by atoms with van der Waals surface area (Å²) in [5.74, 6) is 0. The zero-order valence-electron chi connectivity index (χ0n) is 12.4. The maximum Gasteiger partial charge on any atom is 0.314 e. The number of rotatable bonds is 7. The van der Waals surface area contributed by atoms with Gasteiger partial charge in [0.2, 0.25) is 0 Å². The van der Waals surface area contributed by atoms with E-state index in [4.69, 9.17) is 28.3 Å². The molecule has 1 rings (SSSR count). The average molecular weight is 333 g/mol. The van der Waals surface area contributed by atoms with Gasteiger partial charge < -0.3 is 15.7 Å². The van der Waals surface area contributed by atoms with Crippen LogP contribution in [0.15, 0.2) is 18.2 Å². The van der Waals surface area contributed by atoms with Gasteiger partial charge in [-0.05, 0) is 36.0 Å². The van der Waals surface area contributed by atoms with Gasteiger partial charge >= 0.3 is 6.03 Å². The Morgan fingerprint density at radius 2 is 1.86 bits per heavy atom. The van der Waals surface area contributed by atoms with E-state index in [1.54, 1.807) is 18.2 Å². The summed E-state index contributed by atoms with van der Waals surface area (Å²) < 4.78 is 0. The highest BCUT2D eigenvalue weighted by Crippen LogP contribution is 2.24. The van der Waals surface area contributed by atoms with Gasteiger partial charge in [-0.2, -0.15) is 0 Å². The Bertz CT molecular complexity index is 458. The lowest BCUT2D eigenvalue weighted by molar-refractivity contribution is 0.201. The second kappa shape index (κ2) is 8.47. The fourth-order valence-corrected chi connectivity index (χ4v) is 2.43. The molecule has 0 saturated heterocycles. The molecule has 1 aromatic rings. The number of aliphatic hydroxyl groups excluding tert-OH is 1. The second-order valence-corrected chi connectivity index (χ2v) is 6.51. The molecule has 0 heterocycles. The van der Waals surface area contributed by atoms with Crippen LogP contribution in [0.25, 0.3) is 0 Å². The molecule has 0 aliphatic heterocycles. The summed E-state index contributed by atoms with van der Waals surface area (Å²) in [6, 6.07) is 5.11. The minimum absolute atomic E-state index is 0.112. The van der Waals surface area contributed by atoms with E-state index in [-0.39, 0.29) is 18.1 Å². The third-order valence-corrected chi connectivity index (χ3v) is 3.95. The lowest BCUT2D eigenvalue weighted by atomic mass is 9.90. The molecule has 3 N–H and O–H groups in total. The lowest BCUT2D eigenvalue weighted by Gasteiger charge is -2.23. The molecule has 0 fully saturated rings. The van der Waals surface area contributed by atoms with Crippen molar-refractivity contribution in [2.24, 2.45) is 5.41 Å². The summed E-state index contributed by atoms with van der Waals surface area (Å²) in [4.78, 5) is 11.7. The van der Waals surface area contributed by atoms with Gasteiger partial charge in [-0.25, -0.2) is 4.79 Å². The van der Waals surface area contributed by atoms with Gasteiger partial charge in [0, 0.05) is 29.7 Å². The summed E-state index contributed by atoms with van der Waals surface area (Å²) in [6.07, 6.45) is 1.22. The molecule has 0 aliphatic rings. The van der Waals surface area contributed by atoms with E-state index in [2.05, 4.69) is 10.6 Å². The Hall–Kier alpha value is -0.970. The summed E-state index contributed by atoms with van der Waals surface area (Å²) >= 11 is 12.1. The largest absolute Gasteiger partial charge is 0.396 e. The fraction of sp³-hybridized carbons (Fsp3) is 0.533. The highest BCUT2D eigenvalue weighted by atomic mass is 35.5. The summed E-state index contributed by atoms with van der Waals surface area (Å²) in [6.45, 7) is 5.06. The van der Waals surface area contributed by atoms with Crippen LogP contribution in [0, 0.1) is 5.41 Å². The first-order valence-corrected chi connectivity index (χ1v) is 7.67. The van der Waals surface area contributed by atoms with E-state index in [0.717, 1.165) is 5.56 Å². The molecule has 0 radical (unpaired) electrons. The van der Waals surface area contributed by atoms with Gasteiger partial charge in [0.25, 0.3) is 0 Å². The highest BCUT2D eigenvalue weighted by molar-refractivity contribution is 6.35. The SMILES string of the molecule is CC(C)(CCO)CNC(=O)NCCc1c(Cl)cccc1Cl. The second-order valence-electron chi connectivity index (χ2n) is 5.70. The van der Waals surface area contributed by atoms with Gasteiger partial charge in [0.1, 0.15) is 0 Å². The van der Waals surface area contributed by atoms with Crippen molar-refractivity contribution in [3.8, 4) is 0 Å². The van der Waals surface area contributed by atoms with Crippen LogP contribution in [0.4, 0.5) is 4.79 Å². The Labute approximate surface area is 135 Å². The van der Waals surface area contributed by atoms with E-state index >= 15 is 0 Å². The number of halogens is 2. The van der Waals surface area contributed by atoms with Gasteiger partial charge in [0.05, 0.1) is 0 Å². The van der Waals surface area contributed by atoms with E-state index in [1.807, 2.05) is 13.8 Å². The molecule has 1 aromatic carbocycles. The van der Waals surface area contributed by atoms with E-state index in [0.29, 0.717) is 36.0 Å². The van der Waals surface area contributed by atoms with E-state index in [1.165, 1.54) is 0 Å². The predicted molar refractivity (Wildman–Crippen MR) is 87.1 cm³/mol. The van der Waals surface area contributed by atoms with Crippen LogP contribution in [0.5, 0.6) is 0 Å². The number of carbonyl (C=O) groups excluding carboxylic acids is 1.